The summed E-state index contributed by atoms with van der Waals surface area (Å²) in [6, 6.07) is 13.7. The van der Waals surface area contributed by atoms with Crippen LogP contribution >= 0.6 is 0 Å². The summed E-state index contributed by atoms with van der Waals surface area (Å²) in [5, 5.41) is 17.7. The minimum Gasteiger partial charge on any atom is -0.480 e. The zero-order valence-electron chi connectivity index (χ0n) is 23.5. The maximum atomic E-state index is 13.4. The molecule has 2 aromatic rings. The second-order valence-electron chi connectivity index (χ2n) is 10.1. The Morgan fingerprint density at radius 3 is 1.78 bits per heavy atom. The van der Waals surface area contributed by atoms with Gasteiger partial charge in [-0.05, 0) is 29.9 Å². The van der Waals surface area contributed by atoms with E-state index in [1.807, 2.05) is 12.1 Å². The van der Waals surface area contributed by atoms with E-state index < -0.39 is 47.9 Å². The van der Waals surface area contributed by atoms with Crippen molar-refractivity contribution in [3.8, 4) is 0 Å². The van der Waals surface area contributed by atoms with Crippen LogP contribution in [0.3, 0.4) is 0 Å². The Labute approximate surface area is 240 Å². The SMILES string of the molecule is CC(C)[C@H](NC(=O)[C@@H](N)CCCN=C(N)N)C(=O)N[C@@H](Cc1ccccc1)C(=O)N[C@@H](Cc1ccccc1)C(=O)O. The molecule has 0 aromatic heterocycles. The van der Waals surface area contributed by atoms with E-state index in [2.05, 4.69) is 20.9 Å². The molecule has 3 amide bonds. The molecule has 0 aliphatic rings. The number of aliphatic imine (C=N–C) groups is 1. The molecule has 0 saturated carbocycles. The molecule has 10 N–H and O–H groups in total. The van der Waals surface area contributed by atoms with Crippen LogP contribution in [0.15, 0.2) is 65.7 Å². The predicted molar refractivity (Wildman–Crippen MR) is 156 cm³/mol. The number of guanidine groups is 1. The van der Waals surface area contributed by atoms with Crippen LogP contribution in [0.4, 0.5) is 0 Å². The normalized spacial score (nSPS) is 13.8. The molecule has 2 aromatic carbocycles. The lowest BCUT2D eigenvalue weighted by Crippen LogP contribution is -2.59. The van der Waals surface area contributed by atoms with Crippen molar-refractivity contribution in [3.63, 3.8) is 0 Å². The quantitative estimate of drug-likeness (QED) is 0.0833. The van der Waals surface area contributed by atoms with Gasteiger partial charge in [0.05, 0.1) is 6.04 Å². The molecule has 0 unspecified atom stereocenters. The van der Waals surface area contributed by atoms with Gasteiger partial charge in [0.2, 0.25) is 17.7 Å². The van der Waals surface area contributed by atoms with E-state index in [0.29, 0.717) is 19.4 Å². The van der Waals surface area contributed by atoms with Crippen LogP contribution in [-0.4, -0.2) is 65.5 Å². The molecule has 41 heavy (non-hydrogen) atoms. The number of aliphatic carboxylic acids is 1. The van der Waals surface area contributed by atoms with Crippen molar-refractivity contribution in [2.45, 2.75) is 63.7 Å². The fourth-order valence-electron chi connectivity index (χ4n) is 4.09. The summed E-state index contributed by atoms with van der Waals surface area (Å²) in [6.07, 6.45) is 0.947. The molecule has 0 bridgehead atoms. The Kier molecular flexibility index (Phi) is 13.3. The lowest BCUT2D eigenvalue weighted by atomic mass is 9.99. The minimum atomic E-state index is -1.21. The molecule has 0 aliphatic carbocycles. The number of amides is 3. The first-order valence-corrected chi connectivity index (χ1v) is 13.5. The number of carboxylic acids is 1. The second-order valence-corrected chi connectivity index (χ2v) is 10.1. The van der Waals surface area contributed by atoms with Gasteiger partial charge in [-0.2, -0.15) is 0 Å². The molecule has 0 heterocycles. The molecule has 2 rings (SSSR count). The molecule has 222 valence electrons. The van der Waals surface area contributed by atoms with Gasteiger partial charge in [0.1, 0.15) is 18.1 Å². The number of rotatable bonds is 16. The van der Waals surface area contributed by atoms with E-state index in [1.54, 1.807) is 62.4 Å². The van der Waals surface area contributed by atoms with Gasteiger partial charge in [0.25, 0.3) is 0 Å². The highest BCUT2D eigenvalue weighted by Crippen LogP contribution is 2.09. The molecular weight excluding hydrogens is 526 g/mol. The van der Waals surface area contributed by atoms with E-state index in [4.69, 9.17) is 17.2 Å². The maximum absolute atomic E-state index is 13.4. The van der Waals surface area contributed by atoms with Crippen molar-refractivity contribution in [1.82, 2.24) is 16.0 Å². The Morgan fingerprint density at radius 1 is 0.780 bits per heavy atom. The highest BCUT2D eigenvalue weighted by molar-refractivity contribution is 5.94. The van der Waals surface area contributed by atoms with Gasteiger partial charge in [0, 0.05) is 19.4 Å². The number of nitrogens with zero attached hydrogens (tertiary/aromatic N) is 1. The van der Waals surface area contributed by atoms with Crippen molar-refractivity contribution in [3.05, 3.63) is 71.8 Å². The van der Waals surface area contributed by atoms with Crippen LogP contribution in [0.25, 0.3) is 0 Å². The van der Waals surface area contributed by atoms with E-state index in [9.17, 15) is 24.3 Å². The topological polar surface area (TPSA) is 215 Å². The first-order valence-electron chi connectivity index (χ1n) is 13.5. The maximum Gasteiger partial charge on any atom is 0.326 e. The largest absolute Gasteiger partial charge is 0.480 e. The summed E-state index contributed by atoms with van der Waals surface area (Å²) in [6.45, 7) is 3.82. The second kappa shape index (κ2) is 16.6. The molecule has 0 fully saturated rings. The van der Waals surface area contributed by atoms with Crippen LogP contribution in [0.2, 0.25) is 0 Å². The lowest BCUT2D eigenvalue weighted by molar-refractivity contribution is -0.142. The van der Waals surface area contributed by atoms with Gasteiger partial charge in [-0.15, -0.1) is 0 Å². The van der Waals surface area contributed by atoms with Gasteiger partial charge >= 0.3 is 5.97 Å². The third kappa shape index (κ3) is 11.7. The van der Waals surface area contributed by atoms with Crippen LogP contribution in [0.5, 0.6) is 0 Å². The highest BCUT2D eigenvalue weighted by Gasteiger charge is 2.32. The summed E-state index contributed by atoms with van der Waals surface area (Å²) in [7, 11) is 0. The van der Waals surface area contributed by atoms with Crippen molar-refractivity contribution < 1.29 is 24.3 Å². The Balaban J connectivity index is 2.16. The zero-order valence-corrected chi connectivity index (χ0v) is 23.5. The number of hydrogen-bond donors (Lipinski definition) is 7. The van der Waals surface area contributed by atoms with Crippen molar-refractivity contribution in [2.24, 2.45) is 28.1 Å². The predicted octanol–water partition coefficient (Wildman–Crippen LogP) is 0.0477. The van der Waals surface area contributed by atoms with Gasteiger partial charge < -0.3 is 38.3 Å². The highest BCUT2D eigenvalue weighted by atomic mass is 16.4. The van der Waals surface area contributed by atoms with Crippen LogP contribution < -0.4 is 33.2 Å². The third-order valence-electron chi connectivity index (χ3n) is 6.36. The number of nitrogens with two attached hydrogens (primary N) is 3. The van der Waals surface area contributed by atoms with Crippen molar-refractivity contribution >= 4 is 29.7 Å². The van der Waals surface area contributed by atoms with E-state index in [1.165, 1.54) is 0 Å². The zero-order chi connectivity index (χ0) is 30.4. The molecule has 0 aliphatic heterocycles. The van der Waals surface area contributed by atoms with E-state index in [0.717, 1.165) is 11.1 Å². The number of hydrogen-bond acceptors (Lipinski definition) is 6. The molecule has 0 radical (unpaired) electrons. The monoisotopic (exact) mass is 567 g/mol. The third-order valence-corrected chi connectivity index (χ3v) is 6.36. The molecule has 0 saturated heterocycles. The van der Waals surface area contributed by atoms with Gasteiger partial charge in [-0.25, -0.2) is 4.79 Å². The number of carbonyl (C=O) groups excluding carboxylic acids is 3. The lowest BCUT2D eigenvalue weighted by Gasteiger charge is -2.27. The summed E-state index contributed by atoms with van der Waals surface area (Å²) in [4.78, 5) is 55.3. The van der Waals surface area contributed by atoms with Crippen molar-refractivity contribution in [1.29, 1.82) is 0 Å². The number of carboxylic acid groups (broad SMARTS) is 1. The van der Waals surface area contributed by atoms with Crippen molar-refractivity contribution in [2.75, 3.05) is 6.54 Å². The first kappa shape index (κ1) is 32.8. The Bertz CT molecular complexity index is 1170. The summed E-state index contributed by atoms with van der Waals surface area (Å²) < 4.78 is 0. The van der Waals surface area contributed by atoms with Gasteiger partial charge in [-0.3, -0.25) is 19.4 Å². The average molecular weight is 568 g/mol. The molecule has 0 spiro atoms. The fourth-order valence-corrected chi connectivity index (χ4v) is 4.09. The number of benzene rings is 2. The van der Waals surface area contributed by atoms with Crippen LogP contribution in [0.1, 0.15) is 37.8 Å². The Morgan fingerprint density at radius 2 is 1.29 bits per heavy atom. The minimum absolute atomic E-state index is 0.0524. The van der Waals surface area contributed by atoms with Gasteiger partial charge in [-0.1, -0.05) is 74.5 Å². The smallest absolute Gasteiger partial charge is 0.326 e. The molecule has 12 heteroatoms. The standard InChI is InChI=1S/C29H41N7O5/c1-18(2)24(36-25(37)21(30)14-9-15-33-29(31)32)27(39)34-22(16-19-10-5-3-6-11-19)26(38)35-23(28(40)41)17-20-12-7-4-8-13-20/h3-8,10-13,18,21-24H,9,14-17,30H2,1-2H3,(H,34,39)(H,35,38)(H,36,37)(H,40,41)(H4,31,32,33)/t21-,22-,23-,24-/m0/s1. The average Bonchev–Trinajstić information content (AvgIpc) is 2.93. The first-order chi connectivity index (χ1) is 19.5. The van der Waals surface area contributed by atoms with E-state index in [-0.39, 0.29) is 24.7 Å². The Hall–Kier alpha value is -4.45. The fraction of sp³-hybridized carbons (Fsp3) is 0.414. The molecular formula is C29H41N7O5. The summed E-state index contributed by atoms with van der Waals surface area (Å²) >= 11 is 0. The van der Waals surface area contributed by atoms with Crippen LogP contribution in [-0.2, 0) is 32.0 Å². The van der Waals surface area contributed by atoms with Crippen LogP contribution in [0, 0.1) is 5.92 Å². The summed E-state index contributed by atoms with van der Waals surface area (Å²) in [5.41, 5.74) is 18.1. The van der Waals surface area contributed by atoms with E-state index >= 15 is 0 Å². The number of nitrogens with one attached hydrogen (secondary N) is 3. The van der Waals surface area contributed by atoms with Gasteiger partial charge in [0.15, 0.2) is 5.96 Å². The molecule has 4 atom stereocenters. The number of carbonyl (C=O) groups is 4. The summed E-state index contributed by atoms with van der Waals surface area (Å²) in [5.74, 6) is -3.36. The molecule has 12 nitrogen and oxygen atoms in total.